The Morgan fingerprint density at radius 3 is 2.55 bits per heavy atom. The van der Waals surface area contributed by atoms with Crippen molar-refractivity contribution in [3.63, 3.8) is 0 Å². The molecule has 0 spiro atoms. The first-order valence-corrected chi connectivity index (χ1v) is 7.18. The predicted molar refractivity (Wildman–Crippen MR) is 79.1 cm³/mol. The molecule has 1 amide bonds. The molecule has 1 aromatic heterocycles. The van der Waals surface area contributed by atoms with Crippen LogP contribution in [0.3, 0.4) is 0 Å². The molecule has 0 aliphatic heterocycles. The summed E-state index contributed by atoms with van der Waals surface area (Å²) in [7, 11) is 0. The number of carbonyl (C=O) groups excluding carboxylic acids is 1. The van der Waals surface area contributed by atoms with Crippen LogP contribution in [-0.4, -0.2) is 21.8 Å². The molecule has 0 bridgehead atoms. The van der Waals surface area contributed by atoms with Gasteiger partial charge in [-0.1, -0.05) is 12.1 Å². The number of amides is 1. The Bertz CT molecular complexity index is 660. The molecule has 6 nitrogen and oxygen atoms in total. The average molecular weight is 300 g/mol. The molecule has 6 heteroatoms. The number of benzene rings is 1. The number of hydrogen-bond acceptors (Lipinski definition) is 4. The van der Waals surface area contributed by atoms with Gasteiger partial charge in [0, 0.05) is 18.2 Å². The van der Waals surface area contributed by atoms with E-state index in [-0.39, 0.29) is 24.1 Å². The van der Waals surface area contributed by atoms with Gasteiger partial charge in [-0.2, -0.15) is 0 Å². The second kappa shape index (κ2) is 6.01. The zero-order chi connectivity index (χ0) is 15.5. The maximum absolute atomic E-state index is 12.5. The van der Waals surface area contributed by atoms with Crippen molar-refractivity contribution in [1.29, 1.82) is 0 Å². The van der Waals surface area contributed by atoms with Gasteiger partial charge in [0.25, 0.3) is 5.69 Å². The lowest BCUT2D eigenvalue weighted by Gasteiger charge is -2.21. The van der Waals surface area contributed by atoms with Crippen LogP contribution in [-0.2, 0) is 17.8 Å². The minimum Gasteiger partial charge on any atom is -0.467 e. The van der Waals surface area contributed by atoms with Gasteiger partial charge < -0.3 is 9.32 Å². The Morgan fingerprint density at radius 1 is 1.27 bits per heavy atom. The molecule has 0 unspecified atom stereocenters. The molecule has 1 saturated carbocycles. The molecule has 2 aromatic rings. The molecule has 0 atom stereocenters. The Morgan fingerprint density at radius 2 is 2.00 bits per heavy atom. The van der Waals surface area contributed by atoms with Gasteiger partial charge in [-0.15, -0.1) is 0 Å². The zero-order valence-corrected chi connectivity index (χ0v) is 12.0. The lowest BCUT2D eigenvalue weighted by atomic mass is 10.1. The maximum atomic E-state index is 12.5. The van der Waals surface area contributed by atoms with E-state index in [0.717, 1.165) is 24.2 Å². The molecule has 1 heterocycles. The number of rotatable bonds is 6. The number of nitro groups is 1. The van der Waals surface area contributed by atoms with Crippen molar-refractivity contribution in [1.82, 2.24) is 4.90 Å². The molecule has 1 aliphatic rings. The van der Waals surface area contributed by atoms with Crippen LogP contribution < -0.4 is 0 Å². The molecule has 1 aliphatic carbocycles. The summed E-state index contributed by atoms with van der Waals surface area (Å²) in [6.07, 6.45) is 3.88. The lowest BCUT2D eigenvalue weighted by molar-refractivity contribution is -0.384. The highest BCUT2D eigenvalue weighted by atomic mass is 16.6. The minimum absolute atomic E-state index is 0.0211. The molecule has 1 fully saturated rings. The third-order valence-corrected chi connectivity index (χ3v) is 3.72. The topological polar surface area (TPSA) is 76.6 Å². The van der Waals surface area contributed by atoms with E-state index in [1.165, 1.54) is 12.1 Å². The van der Waals surface area contributed by atoms with E-state index in [1.54, 1.807) is 24.5 Å². The molecule has 22 heavy (non-hydrogen) atoms. The van der Waals surface area contributed by atoms with Gasteiger partial charge in [-0.25, -0.2) is 0 Å². The summed E-state index contributed by atoms with van der Waals surface area (Å²) < 4.78 is 5.32. The van der Waals surface area contributed by atoms with Crippen LogP contribution >= 0.6 is 0 Å². The van der Waals surface area contributed by atoms with Crippen molar-refractivity contribution in [2.75, 3.05) is 0 Å². The first-order valence-electron chi connectivity index (χ1n) is 7.18. The van der Waals surface area contributed by atoms with Gasteiger partial charge in [0.2, 0.25) is 5.91 Å². The molecule has 3 rings (SSSR count). The molecular formula is C16H16N2O4. The van der Waals surface area contributed by atoms with Crippen molar-refractivity contribution in [2.24, 2.45) is 0 Å². The van der Waals surface area contributed by atoms with E-state index in [2.05, 4.69) is 0 Å². The van der Waals surface area contributed by atoms with E-state index in [0.29, 0.717) is 6.54 Å². The van der Waals surface area contributed by atoms with Gasteiger partial charge in [0.05, 0.1) is 24.2 Å². The SMILES string of the molecule is O=C(Cc1ccc([N+](=O)[O-])cc1)N(Cc1ccco1)C1CC1. The van der Waals surface area contributed by atoms with Crippen LogP contribution in [0.5, 0.6) is 0 Å². The van der Waals surface area contributed by atoms with Gasteiger partial charge in [0.1, 0.15) is 5.76 Å². The Hall–Kier alpha value is -2.63. The van der Waals surface area contributed by atoms with Gasteiger partial charge >= 0.3 is 0 Å². The van der Waals surface area contributed by atoms with Crippen LogP contribution in [0.1, 0.15) is 24.2 Å². The van der Waals surface area contributed by atoms with Gasteiger partial charge in [0.15, 0.2) is 0 Å². The largest absolute Gasteiger partial charge is 0.467 e. The van der Waals surface area contributed by atoms with E-state index >= 15 is 0 Å². The van der Waals surface area contributed by atoms with Gasteiger partial charge in [-0.3, -0.25) is 14.9 Å². The Kier molecular flexibility index (Phi) is 3.91. The fourth-order valence-corrected chi connectivity index (χ4v) is 2.39. The van der Waals surface area contributed by atoms with Crippen LogP contribution in [0.4, 0.5) is 5.69 Å². The number of carbonyl (C=O) groups is 1. The number of nitro benzene ring substituents is 1. The maximum Gasteiger partial charge on any atom is 0.269 e. The highest BCUT2D eigenvalue weighted by Crippen LogP contribution is 2.29. The molecule has 0 saturated heterocycles. The first kappa shape index (κ1) is 14.3. The van der Waals surface area contributed by atoms with E-state index < -0.39 is 4.92 Å². The molecule has 1 aromatic carbocycles. The van der Waals surface area contributed by atoms with Crippen molar-refractivity contribution >= 4 is 11.6 Å². The zero-order valence-electron chi connectivity index (χ0n) is 12.0. The minimum atomic E-state index is -0.445. The van der Waals surface area contributed by atoms with Crippen molar-refractivity contribution in [3.05, 3.63) is 64.1 Å². The fraction of sp³-hybridized carbons (Fsp3) is 0.312. The molecule has 0 radical (unpaired) electrons. The Balaban J connectivity index is 1.67. The summed E-state index contributed by atoms with van der Waals surface area (Å²) in [6.45, 7) is 0.476. The fourth-order valence-electron chi connectivity index (χ4n) is 2.39. The number of nitrogens with zero attached hydrogens (tertiary/aromatic N) is 2. The van der Waals surface area contributed by atoms with Crippen LogP contribution in [0.15, 0.2) is 47.1 Å². The standard InChI is InChI=1S/C16H16N2O4/c19-16(10-12-3-5-14(6-4-12)18(20)21)17(13-7-8-13)11-15-2-1-9-22-15/h1-6,9,13H,7-8,10-11H2. The van der Waals surface area contributed by atoms with E-state index in [4.69, 9.17) is 4.42 Å². The summed E-state index contributed by atoms with van der Waals surface area (Å²) in [5.74, 6) is 0.789. The summed E-state index contributed by atoms with van der Waals surface area (Å²) in [6, 6.07) is 10.1. The average Bonchev–Trinajstić information content (AvgIpc) is 3.21. The third-order valence-electron chi connectivity index (χ3n) is 3.72. The number of non-ortho nitro benzene ring substituents is 1. The van der Waals surface area contributed by atoms with Gasteiger partial charge in [-0.05, 0) is 30.5 Å². The molecule has 0 N–H and O–H groups in total. The smallest absolute Gasteiger partial charge is 0.269 e. The Labute approximate surface area is 127 Å². The summed E-state index contributed by atoms with van der Waals surface area (Å²) in [4.78, 5) is 24.5. The normalized spacial score (nSPS) is 13.8. The number of furan rings is 1. The van der Waals surface area contributed by atoms with Crippen molar-refractivity contribution in [2.45, 2.75) is 31.8 Å². The van der Waals surface area contributed by atoms with Crippen LogP contribution in [0.25, 0.3) is 0 Å². The third kappa shape index (κ3) is 3.33. The van der Waals surface area contributed by atoms with Crippen LogP contribution in [0.2, 0.25) is 0 Å². The highest BCUT2D eigenvalue weighted by molar-refractivity contribution is 5.79. The van der Waals surface area contributed by atoms with Crippen molar-refractivity contribution in [3.8, 4) is 0 Å². The monoisotopic (exact) mass is 300 g/mol. The highest BCUT2D eigenvalue weighted by Gasteiger charge is 2.32. The number of hydrogen-bond donors (Lipinski definition) is 0. The molecule has 114 valence electrons. The summed E-state index contributed by atoms with van der Waals surface area (Å²) >= 11 is 0. The summed E-state index contributed by atoms with van der Waals surface area (Å²) in [5, 5.41) is 10.6. The first-order chi connectivity index (χ1) is 10.6. The predicted octanol–water partition coefficient (Wildman–Crippen LogP) is 2.92. The van der Waals surface area contributed by atoms with Crippen molar-refractivity contribution < 1.29 is 14.1 Å². The molecular weight excluding hydrogens is 284 g/mol. The van der Waals surface area contributed by atoms with E-state index in [9.17, 15) is 14.9 Å². The van der Waals surface area contributed by atoms with E-state index in [1.807, 2.05) is 11.0 Å². The quantitative estimate of drug-likeness (QED) is 0.607. The second-order valence-electron chi connectivity index (χ2n) is 5.43. The second-order valence-corrected chi connectivity index (χ2v) is 5.43. The van der Waals surface area contributed by atoms with Crippen LogP contribution in [0, 0.1) is 10.1 Å². The lowest BCUT2D eigenvalue weighted by Crippen LogP contribution is -2.33. The summed E-state index contributed by atoms with van der Waals surface area (Å²) in [5.41, 5.74) is 0.812.